The van der Waals surface area contributed by atoms with Crippen LogP contribution in [0.3, 0.4) is 0 Å². The molecule has 1 aliphatic heterocycles. The molecule has 9 heteroatoms. The highest BCUT2D eigenvalue weighted by atomic mass is 32.2. The molecule has 1 aromatic heterocycles. The lowest BCUT2D eigenvalue weighted by atomic mass is 9.75. The van der Waals surface area contributed by atoms with Crippen LogP contribution in [0, 0.1) is 25.7 Å². The number of likely N-dealkylation sites (N-methyl/N-ethyl adjacent to an activating group) is 1. The predicted octanol–water partition coefficient (Wildman–Crippen LogP) is 2.32. The number of carbonyl (C=O) groups excluding carboxylic acids is 1. The van der Waals surface area contributed by atoms with Gasteiger partial charge in [0.2, 0.25) is 15.9 Å². The van der Waals surface area contributed by atoms with Crippen LogP contribution in [0.25, 0.3) is 0 Å². The molecular weight excluding hydrogens is 404 g/mol. The average molecular weight is 441 g/mol. The predicted molar refractivity (Wildman–Crippen MR) is 115 cm³/mol. The van der Waals surface area contributed by atoms with Gasteiger partial charge in [-0.2, -0.15) is 4.31 Å². The summed E-state index contributed by atoms with van der Waals surface area (Å²) in [5.74, 6) is 0.865. The number of nitrogens with one attached hydrogen (secondary N) is 1. The van der Waals surface area contributed by atoms with Crippen molar-refractivity contribution < 1.29 is 17.7 Å². The number of aryl methyl sites for hydroxylation is 2. The smallest absolute Gasteiger partial charge is 0.248 e. The van der Waals surface area contributed by atoms with Crippen molar-refractivity contribution in [1.29, 1.82) is 0 Å². The van der Waals surface area contributed by atoms with Crippen molar-refractivity contribution in [1.82, 2.24) is 19.7 Å². The standard InChI is InChI=1S/C21H36N4O4S/c1-15-7-6-10-21(13-15,24(4)5)14-22-20(26)18-8-11-25(12-9-18)30(27,28)19-16(2)23-29-17(19)3/h15,18H,6-14H2,1-5H3,(H,22,26)/t15-,21+/m0/s1. The van der Waals surface area contributed by atoms with E-state index in [0.717, 1.165) is 12.8 Å². The first-order valence-electron chi connectivity index (χ1n) is 10.9. The number of hydrogen-bond donors (Lipinski definition) is 1. The first-order chi connectivity index (χ1) is 14.1. The minimum absolute atomic E-state index is 0.0146. The van der Waals surface area contributed by atoms with E-state index < -0.39 is 10.0 Å². The summed E-state index contributed by atoms with van der Waals surface area (Å²) < 4.78 is 32.4. The Bertz CT molecular complexity index is 839. The van der Waals surface area contributed by atoms with E-state index in [1.165, 1.54) is 17.1 Å². The highest BCUT2D eigenvalue weighted by molar-refractivity contribution is 7.89. The van der Waals surface area contributed by atoms with Crippen LogP contribution in [0.15, 0.2) is 9.42 Å². The van der Waals surface area contributed by atoms with Crippen molar-refractivity contribution in [2.45, 2.75) is 69.7 Å². The summed E-state index contributed by atoms with van der Waals surface area (Å²) in [5, 5.41) is 6.96. The van der Waals surface area contributed by atoms with Gasteiger partial charge in [-0.3, -0.25) is 4.79 Å². The number of aromatic nitrogens is 1. The molecule has 2 fully saturated rings. The topological polar surface area (TPSA) is 95.8 Å². The van der Waals surface area contributed by atoms with E-state index >= 15 is 0 Å². The summed E-state index contributed by atoms with van der Waals surface area (Å²) >= 11 is 0. The average Bonchev–Trinajstić information content (AvgIpc) is 3.05. The number of piperidine rings is 1. The molecule has 30 heavy (non-hydrogen) atoms. The van der Waals surface area contributed by atoms with Gasteiger partial charge in [-0.15, -0.1) is 0 Å². The second kappa shape index (κ2) is 8.96. The van der Waals surface area contributed by atoms with Crippen molar-refractivity contribution in [2.24, 2.45) is 11.8 Å². The molecule has 0 bridgehead atoms. The monoisotopic (exact) mass is 440 g/mol. The lowest BCUT2D eigenvalue weighted by Crippen LogP contribution is -2.56. The molecule has 2 atom stereocenters. The van der Waals surface area contributed by atoms with E-state index in [9.17, 15) is 13.2 Å². The molecule has 1 saturated carbocycles. The molecule has 2 aliphatic rings. The largest absolute Gasteiger partial charge is 0.360 e. The fourth-order valence-electron chi connectivity index (χ4n) is 5.08. The maximum atomic E-state index is 13.0. The molecule has 1 saturated heterocycles. The molecular formula is C21H36N4O4S. The lowest BCUT2D eigenvalue weighted by Gasteiger charge is -2.45. The van der Waals surface area contributed by atoms with Crippen molar-refractivity contribution in [3.8, 4) is 0 Å². The van der Waals surface area contributed by atoms with Crippen LogP contribution in [-0.4, -0.2) is 68.0 Å². The normalized spacial score (nSPS) is 26.8. The minimum Gasteiger partial charge on any atom is -0.360 e. The Labute approximate surface area is 180 Å². The molecule has 3 rings (SSSR count). The second-order valence-corrected chi connectivity index (χ2v) is 11.2. The fourth-order valence-corrected chi connectivity index (χ4v) is 6.84. The molecule has 1 aliphatic carbocycles. The second-order valence-electron chi connectivity index (χ2n) is 9.37. The number of hydrogen-bond acceptors (Lipinski definition) is 6. The van der Waals surface area contributed by atoms with E-state index in [2.05, 4.69) is 36.4 Å². The van der Waals surface area contributed by atoms with Crippen LogP contribution in [0.1, 0.15) is 56.9 Å². The van der Waals surface area contributed by atoms with Crippen LogP contribution in [0.2, 0.25) is 0 Å². The summed E-state index contributed by atoms with van der Waals surface area (Å²) in [4.78, 5) is 15.3. The van der Waals surface area contributed by atoms with E-state index in [0.29, 0.717) is 49.8 Å². The highest BCUT2D eigenvalue weighted by Gasteiger charge is 2.39. The van der Waals surface area contributed by atoms with Gasteiger partial charge in [0.25, 0.3) is 0 Å². The summed E-state index contributed by atoms with van der Waals surface area (Å²) in [6.07, 6.45) is 5.68. The molecule has 1 amide bonds. The van der Waals surface area contributed by atoms with Crippen molar-refractivity contribution in [3.63, 3.8) is 0 Å². The number of nitrogens with zero attached hydrogens (tertiary/aromatic N) is 3. The SMILES string of the molecule is Cc1noc(C)c1S(=O)(=O)N1CCC(C(=O)NC[C@@]2(N(C)C)CCC[C@H](C)C2)CC1. The Morgan fingerprint density at radius 3 is 2.47 bits per heavy atom. The lowest BCUT2D eigenvalue weighted by molar-refractivity contribution is -0.127. The molecule has 170 valence electrons. The zero-order chi connectivity index (χ0) is 22.1. The van der Waals surface area contributed by atoms with Crippen LogP contribution in [0.5, 0.6) is 0 Å². The Morgan fingerprint density at radius 2 is 1.93 bits per heavy atom. The molecule has 8 nitrogen and oxygen atoms in total. The van der Waals surface area contributed by atoms with Crippen LogP contribution < -0.4 is 5.32 Å². The van der Waals surface area contributed by atoms with Gasteiger partial charge in [-0.1, -0.05) is 24.9 Å². The molecule has 1 aromatic rings. The summed E-state index contributed by atoms with van der Waals surface area (Å²) in [5.41, 5.74) is 0.392. The Morgan fingerprint density at radius 1 is 1.27 bits per heavy atom. The fraction of sp³-hybridized carbons (Fsp3) is 0.810. The van der Waals surface area contributed by atoms with Gasteiger partial charge in [0, 0.05) is 31.1 Å². The third kappa shape index (κ3) is 4.57. The maximum Gasteiger partial charge on any atom is 0.248 e. The third-order valence-electron chi connectivity index (χ3n) is 7.00. The third-order valence-corrected chi connectivity index (χ3v) is 9.14. The summed E-state index contributed by atoms with van der Waals surface area (Å²) in [6, 6.07) is 0. The van der Waals surface area contributed by atoms with Gasteiger partial charge in [-0.25, -0.2) is 8.42 Å². The Kier molecular flexibility index (Phi) is 6.94. The van der Waals surface area contributed by atoms with Gasteiger partial charge in [0.15, 0.2) is 5.76 Å². The van der Waals surface area contributed by atoms with Crippen LogP contribution >= 0.6 is 0 Å². The molecule has 0 unspecified atom stereocenters. The van der Waals surface area contributed by atoms with Crippen LogP contribution in [0.4, 0.5) is 0 Å². The molecule has 1 N–H and O–H groups in total. The van der Waals surface area contributed by atoms with E-state index in [1.807, 2.05) is 0 Å². The van der Waals surface area contributed by atoms with Crippen molar-refractivity contribution in [3.05, 3.63) is 11.5 Å². The molecule has 0 radical (unpaired) electrons. The van der Waals surface area contributed by atoms with E-state index in [1.54, 1.807) is 13.8 Å². The number of sulfonamides is 1. The number of carbonyl (C=O) groups is 1. The van der Waals surface area contributed by atoms with Gasteiger partial charge in [-0.05, 0) is 59.5 Å². The summed E-state index contributed by atoms with van der Waals surface area (Å²) in [6.45, 7) is 6.85. The van der Waals surface area contributed by atoms with E-state index in [4.69, 9.17) is 4.52 Å². The number of rotatable bonds is 6. The van der Waals surface area contributed by atoms with Gasteiger partial charge < -0.3 is 14.7 Å². The van der Waals surface area contributed by atoms with Crippen LogP contribution in [-0.2, 0) is 14.8 Å². The Balaban J connectivity index is 1.58. The maximum absolute atomic E-state index is 13.0. The van der Waals surface area contributed by atoms with Gasteiger partial charge in [0.05, 0.1) is 0 Å². The molecule has 0 spiro atoms. The van der Waals surface area contributed by atoms with Crippen molar-refractivity contribution in [2.75, 3.05) is 33.7 Å². The highest BCUT2D eigenvalue weighted by Crippen LogP contribution is 2.35. The Hall–Kier alpha value is -1.45. The van der Waals surface area contributed by atoms with Gasteiger partial charge in [0.1, 0.15) is 10.6 Å². The molecule has 2 heterocycles. The molecule has 0 aromatic carbocycles. The quantitative estimate of drug-likeness (QED) is 0.729. The first-order valence-corrected chi connectivity index (χ1v) is 12.4. The first kappa shape index (κ1) is 23.2. The zero-order valence-corrected chi connectivity index (χ0v) is 19.7. The van der Waals surface area contributed by atoms with Gasteiger partial charge >= 0.3 is 0 Å². The zero-order valence-electron chi connectivity index (χ0n) is 18.9. The van der Waals surface area contributed by atoms with E-state index in [-0.39, 0.29) is 22.3 Å². The van der Waals surface area contributed by atoms with Crippen molar-refractivity contribution >= 4 is 15.9 Å². The number of amides is 1. The minimum atomic E-state index is -3.65. The summed E-state index contributed by atoms with van der Waals surface area (Å²) in [7, 11) is 0.552.